The Morgan fingerprint density at radius 1 is 0.971 bits per heavy atom. The van der Waals surface area contributed by atoms with Crippen LogP contribution in [0.2, 0.25) is 0 Å². The van der Waals surface area contributed by atoms with Gasteiger partial charge in [-0.2, -0.15) is 5.48 Å². The van der Waals surface area contributed by atoms with Gasteiger partial charge >= 0.3 is 18.0 Å². The second-order valence-corrected chi connectivity index (χ2v) is 7.71. The van der Waals surface area contributed by atoms with Crippen LogP contribution >= 0.6 is 0 Å². The molecule has 10 nitrogen and oxygen atoms in total. The van der Waals surface area contributed by atoms with E-state index < -0.39 is 42.1 Å². The molecule has 0 saturated carbocycles. The first-order chi connectivity index (χ1) is 16.5. The maximum atomic E-state index is 12.8. The summed E-state index contributed by atoms with van der Waals surface area (Å²) in [5.74, 6) is -2.49. The van der Waals surface area contributed by atoms with Crippen LogP contribution in [0.4, 0.5) is 4.79 Å². The number of hydrogen-bond acceptors (Lipinski definition) is 9. The molecule has 1 heterocycles. The molecule has 10 heteroatoms. The number of hydrogen-bond donors (Lipinski definition) is 2. The van der Waals surface area contributed by atoms with Crippen LogP contribution in [0.5, 0.6) is 0 Å². The van der Waals surface area contributed by atoms with Gasteiger partial charge in [0.25, 0.3) is 0 Å². The van der Waals surface area contributed by atoms with Crippen LogP contribution in [-0.4, -0.2) is 67.0 Å². The molecule has 3 rings (SSSR count). The third-order valence-electron chi connectivity index (χ3n) is 5.56. The van der Waals surface area contributed by atoms with Crippen LogP contribution < -0.4 is 5.48 Å². The molecule has 0 radical (unpaired) electrons. The molecule has 0 aliphatic carbocycles. The number of methoxy groups -OCH3 is 2. The van der Waals surface area contributed by atoms with Crippen molar-refractivity contribution in [2.24, 2.45) is 5.92 Å². The number of benzene rings is 2. The molecule has 0 aromatic heterocycles. The third-order valence-corrected chi connectivity index (χ3v) is 5.56. The van der Waals surface area contributed by atoms with E-state index in [4.69, 9.17) is 19.0 Å². The van der Waals surface area contributed by atoms with Gasteiger partial charge in [0.1, 0.15) is 12.6 Å². The fourth-order valence-corrected chi connectivity index (χ4v) is 3.77. The lowest BCUT2D eigenvalue weighted by molar-refractivity contribution is -0.154. The second kappa shape index (κ2) is 12.1. The van der Waals surface area contributed by atoms with Gasteiger partial charge in [-0.3, -0.25) is 14.5 Å². The molecule has 1 amide bonds. The Morgan fingerprint density at radius 3 is 2.12 bits per heavy atom. The molecule has 34 heavy (non-hydrogen) atoms. The summed E-state index contributed by atoms with van der Waals surface area (Å²) in [7, 11) is 2.34. The minimum atomic E-state index is -1.44. The molecule has 0 spiro atoms. The van der Waals surface area contributed by atoms with Crippen molar-refractivity contribution in [3.8, 4) is 0 Å². The lowest BCUT2D eigenvalue weighted by atomic mass is 9.94. The summed E-state index contributed by atoms with van der Waals surface area (Å²) in [4.78, 5) is 44.3. The number of likely N-dealkylation sites (tertiary alicyclic amines) is 1. The first-order valence-electron chi connectivity index (χ1n) is 10.7. The zero-order valence-electron chi connectivity index (χ0n) is 19.0. The van der Waals surface area contributed by atoms with Crippen LogP contribution in [0, 0.1) is 5.92 Å². The van der Waals surface area contributed by atoms with E-state index in [9.17, 15) is 19.5 Å². The van der Waals surface area contributed by atoms with Gasteiger partial charge in [-0.25, -0.2) is 9.59 Å². The molecular weight excluding hydrogens is 444 g/mol. The average Bonchev–Trinajstić information content (AvgIpc) is 3.22. The topological polar surface area (TPSA) is 124 Å². The molecule has 0 bridgehead atoms. The van der Waals surface area contributed by atoms with Crippen LogP contribution in [0.3, 0.4) is 0 Å². The van der Waals surface area contributed by atoms with Crippen molar-refractivity contribution >= 4 is 18.0 Å². The van der Waals surface area contributed by atoms with E-state index in [1.165, 1.54) is 7.11 Å². The van der Waals surface area contributed by atoms with Crippen molar-refractivity contribution in [2.45, 2.75) is 31.4 Å². The van der Waals surface area contributed by atoms with Gasteiger partial charge in [0.2, 0.25) is 0 Å². The molecule has 2 N–H and O–H groups in total. The van der Waals surface area contributed by atoms with Crippen LogP contribution in [0.25, 0.3) is 0 Å². The Balaban J connectivity index is 1.73. The molecule has 182 valence electrons. The summed E-state index contributed by atoms with van der Waals surface area (Å²) in [5.41, 5.74) is 4.23. The van der Waals surface area contributed by atoms with Gasteiger partial charge in [0, 0.05) is 12.5 Å². The average molecular weight is 472 g/mol. The fraction of sp³-hybridized carbons (Fsp3) is 0.375. The van der Waals surface area contributed by atoms with Crippen molar-refractivity contribution in [1.29, 1.82) is 0 Å². The van der Waals surface area contributed by atoms with Gasteiger partial charge in [0.15, 0.2) is 6.04 Å². The van der Waals surface area contributed by atoms with Gasteiger partial charge in [0.05, 0.1) is 26.9 Å². The lowest BCUT2D eigenvalue weighted by Gasteiger charge is -2.24. The van der Waals surface area contributed by atoms with E-state index in [1.807, 2.05) is 36.4 Å². The first-order valence-corrected chi connectivity index (χ1v) is 10.7. The minimum Gasteiger partial charge on any atom is -0.468 e. The van der Waals surface area contributed by atoms with Crippen molar-refractivity contribution in [1.82, 2.24) is 10.4 Å². The van der Waals surface area contributed by atoms with E-state index in [-0.39, 0.29) is 19.8 Å². The highest BCUT2D eigenvalue weighted by molar-refractivity contribution is 5.84. The van der Waals surface area contributed by atoms with Crippen molar-refractivity contribution < 1.29 is 38.5 Å². The Morgan fingerprint density at radius 2 is 1.56 bits per heavy atom. The summed E-state index contributed by atoms with van der Waals surface area (Å²) < 4.78 is 15.0. The number of carbonyl (C=O) groups excluding carboxylic acids is 3. The maximum absolute atomic E-state index is 12.8. The number of aliphatic hydroxyl groups excluding tert-OH is 1. The van der Waals surface area contributed by atoms with Gasteiger partial charge in [-0.15, -0.1) is 0 Å². The van der Waals surface area contributed by atoms with Gasteiger partial charge < -0.3 is 19.3 Å². The van der Waals surface area contributed by atoms with Crippen molar-refractivity contribution in [3.05, 3.63) is 71.8 Å². The van der Waals surface area contributed by atoms with E-state index in [0.717, 1.165) is 23.1 Å². The van der Waals surface area contributed by atoms with Crippen LogP contribution in [-0.2, 0) is 41.9 Å². The Kier molecular flexibility index (Phi) is 8.97. The monoisotopic (exact) mass is 472 g/mol. The quantitative estimate of drug-likeness (QED) is 0.317. The molecule has 0 unspecified atom stereocenters. The fourth-order valence-electron chi connectivity index (χ4n) is 3.77. The van der Waals surface area contributed by atoms with E-state index >= 15 is 0 Å². The number of ether oxygens (including phenoxy) is 3. The zero-order valence-corrected chi connectivity index (χ0v) is 19.0. The summed E-state index contributed by atoms with van der Waals surface area (Å²) in [5, 5.41) is 10.9. The number of esters is 2. The number of carbonyl (C=O) groups is 3. The van der Waals surface area contributed by atoms with E-state index in [2.05, 4.69) is 5.48 Å². The zero-order chi connectivity index (χ0) is 24.5. The predicted octanol–water partition coefficient (Wildman–Crippen LogP) is 1.42. The smallest absolute Gasteiger partial charge is 0.410 e. The number of rotatable bonds is 9. The Hall–Kier alpha value is -3.47. The molecule has 1 aliphatic rings. The van der Waals surface area contributed by atoms with Gasteiger partial charge in [-0.05, 0) is 11.1 Å². The molecule has 1 saturated heterocycles. The predicted molar refractivity (Wildman–Crippen MR) is 119 cm³/mol. The summed E-state index contributed by atoms with van der Waals surface area (Å²) in [6.07, 6.45) is -2.26. The molecule has 4 atom stereocenters. The number of amides is 1. The van der Waals surface area contributed by atoms with E-state index in [0.29, 0.717) is 0 Å². The standard InChI is InChI=1S/C24H28N2O8/c1-31-22(28)19(25-34-15-17-11-7-4-8-12-17)18-13-26(20(21(18)27)23(29)32-2)24(30)33-14-16-9-5-3-6-10-16/h3-12,18-21,25,27H,13-15H2,1-2H3/t18-,19+,20-,21-/m0/s1. The number of aliphatic hydroxyl groups is 1. The number of hydroxylamine groups is 1. The normalized spacial score (nSPS) is 20.4. The molecule has 2 aromatic carbocycles. The third kappa shape index (κ3) is 6.10. The van der Waals surface area contributed by atoms with Crippen LogP contribution in [0.15, 0.2) is 60.7 Å². The molecule has 1 aliphatic heterocycles. The summed E-state index contributed by atoms with van der Waals surface area (Å²) >= 11 is 0. The Bertz CT molecular complexity index is 956. The highest BCUT2D eigenvalue weighted by atomic mass is 16.6. The second-order valence-electron chi connectivity index (χ2n) is 7.71. The van der Waals surface area contributed by atoms with Crippen molar-refractivity contribution in [2.75, 3.05) is 20.8 Å². The minimum absolute atomic E-state index is 0.0241. The molecule has 2 aromatic rings. The maximum Gasteiger partial charge on any atom is 0.410 e. The van der Waals surface area contributed by atoms with E-state index in [1.54, 1.807) is 24.3 Å². The summed E-state index contributed by atoms with van der Waals surface area (Å²) in [6, 6.07) is 15.7. The largest absolute Gasteiger partial charge is 0.468 e. The number of nitrogens with one attached hydrogen (secondary N) is 1. The Labute approximate surface area is 197 Å². The van der Waals surface area contributed by atoms with Crippen LogP contribution in [0.1, 0.15) is 11.1 Å². The SMILES string of the molecule is COC(=O)[C@@H]1[C@@H](O)[C@H]([C@@H](NOCc2ccccc2)C(=O)OC)CN1C(=O)OCc1ccccc1. The first kappa shape index (κ1) is 25.2. The summed E-state index contributed by atoms with van der Waals surface area (Å²) in [6.45, 7) is -0.0554. The highest BCUT2D eigenvalue weighted by Crippen LogP contribution is 2.29. The highest BCUT2D eigenvalue weighted by Gasteiger charge is 2.53. The lowest BCUT2D eigenvalue weighted by Crippen LogP contribution is -2.49. The molecular formula is C24H28N2O8. The van der Waals surface area contributed by atoms with Gasteiger partial charge in [-0.1, -0.05) is 60.7 Å². The number of nitrogens with zero attached hydrogens (tertiary/aromatic N) is 1. The van der Waals surface area contributed by atoms with Crippen molar-refractivity contribution in [3.63, 3.8) is 0 Å². The molecule has 1 fully saturated rings.